The van der Waals surface area contributed by atoms with Gasteiger partial charge in [-0.2, -0.15) is 5.26 Å². The first-order valence-corrected chi connectivity index (χ1v) is 3.02. The van der Waals surface area contributed by atoms with E-state index in [1.165, 1.54) is 0 Å². The van der Waals surface area contributed by atoms with Gasteiger partial charge in [-0.1, -0.05) is 0 Å². The minimum atomic E-state index is -0.276. The van der Waals surface area contributed by atoms with Gasteiger partial charge in [0.15, 0.2) is 0 Å². The van der Waals surface area contributed by atoms with E-state index in [1.807, 2.05) is 6.07 Å². The molecule has 0 radical (unpaired) electrons. The van der Waals surface area contributed by atoms with Crippen molar-refractivity contribution in [3.8, 4) is 6.07 Å². The molecule has 0 aromatic rings. The van der Waals surface area contributed by atoms with E-state index in [-0.39, 0.29) is 18.8 Å². The zero-order valence-electron chi connectivity index (χ0n) is 5.08. The van der Waals surface area contributed by atoms with Crippen LogP contribution < -0.4 is 0 Å². The monoisotopic (exact) mass is 127 g/mol. The van der Waals surface area contributed by atoms with Crippen molar-refractivity contribution in [2.75, 3.05) is 6.61 Å². The number of ether oxygens (including phenoxy) is 1. The molecule has 9 heavy (non-hydrogen) atoms. The summed E-state index contributed by atoms with van der Waals surface area (Å²) in [5.41, 5.74) is 0. The predicted octanol–water partition coefficient (Wildman–Crippen LogP) is 0.0499. The highest BCUT2D eigenvalue weighted by Crippen LogP contribution is 2.17. The van der Waals surface area contributed by atoms with Gasteiger partial charge >= 0.3 is 0 Å². The van der Waals surface area contributed by atoms with Crippen LogP contribution in [0.25, 0.3) is 0 Å². The summed E-state index contributed by atoms with van der Waals surface area (Å²) in [5, 5.41) is 16.9. The minimum Gasteiger partial charge on any atom is -0.394 e. The normalized spacial score (nSPS) is 34.2. The Balaban J connectivity index is 2.31. The van der Waals surface area contributed by atoms with Gasteiger partial charge in [-0.05, 0) is 12.8 Å². The number of hydrogen-bond acceptors (Lipinski definition) is 3. The van der Waals surface area contributed by atoms with Crippen molar-refractivity contribution in [2.45, 2.75) is 25.0 Å². The van der Waals surface area contributed by atoms with Gasteiger partial charge in [0, 0.05) is 0 Å². The lowest BCUT2D eigenvalue weighted by atomic mass is 10.2. The lowest BCUT2D eigenvalue weighted by molar-refractivity contribution is 0.0339. The minimum absolute atomic E-state index is 0.0399. The van der Waals surface area contributed by atoms with Gasteiger partial charge in [-0.25, -0.2) is 0 Å². The summed E-state index contributed by atoms with van der Waals surface area (Å²) in [4.78, 5) is 0. The molecular formula is C6H9NO2. The molecule has 0 bridgehead atoms. The number of aliphatic hydroxyl groups is 1. The molecule has 1 aliphatic rings. The highest BCUT2D eigenvalue weighted by molar-refractivity contribution is 4.89. The van der Waals surface area contributed by atoms with Crippen LogP contribution in [0, 0.1) is 11.3 Å². The first kappa shape index (κ1) is 6.53. The summed E-state index contributed by atoms with van der Waals surface area (Å²) in [7, 11) is 0. The van der Waals surface area contributed by atoms with Crippen molar-refractivity contribution < 1.29 is 9.84 Å². The fraction of sp³-hybridized carbons (Fsp3) is 0.833. The molecule has 1 fully saturated rings. The standard InChI is InChI=1S/C6H9NO2/c7-3-5-1-2-6(4-8)9-5/h5-6,8H,1-2,4H2/t5-,6-/m1/s1. The van der Waals surface area contributed by atoms with Gasteiger partial charge in [0.25, 0.3) is 0 Å². The molecule has 2 atom stereocenters. The van der Waals surface area contributed by atoms with Crippen LogP contribution in [0.15, 0.2) is 0 Å². The summed E-state index contributed by atoms with van der Waals surface area (Å²) in [6.45, 7) is 0.0399. The second-order valence-electron chi connectivity index (χ2n) is 2.14. The highest BCUT2D eigenvalue weighted by Gasteiger charge is 2.23. The summed E-state index contributed by atoms with van der Waals surface area (Å²) in [5.74, 6) is 0. The van der Waals surface area contributed by atoms with Crippen LogP contribution in [0.1, 0.15) is 12.8 Å². The summed E-state index contributed by atoms with van der Waals surface area (Å²) >= 11 is 0. The first-order chi connectivity index (χ1) is 4.36. The molecule has 50 valence electrons. The van der Waals surface area contributed by atoms with E-state index in [9.17, 15) is 0 Å². The number of nitrogens with zero attached hydrogens (tertiary/aromatic N) is 1. The largest absolute Gasteiger partial charge is 0.394 e. The van der Waals surface area contributed by atoms with Crippen molar-refractivity contribution in [2.24, 2.45) is 0 Å². The van der Waals surface area contributed by atoms with E-state index in [0.29, 0.717) is 0 Å². The molecule has 0 aliphatic carbocycles. The van der Waals surface area contributed by atoms with Crippen LogP contribution in [0.4, 0.5) is 0 Å². The Morgan fingerprint density at radius 3 is 2.78 bits per heavy atom. The van der Waals surface area contributed by atoms with Crippen LogP contribution in [-0.4, -0.2) is 23.9 Å². The van der Waals surface area contributed by atoms with Crippen molar-refractivity contribution in [3.05, 3.63) is 0 Å². The van der Waals surface area contributed by atoms with Gasteiger partial charge in [-0.3, -0.25) is 0 Å². The fourth-order valence-electron chi connectivity index (χ4n) is 0.935. The Kier molecular flexibility index (Phi) is 2.04. The highest BCUT2D eigenvalue weighted by atomic mass is 16.5. The Labute approximate surface area is 53.9 Å². The lowest BCUT2D eigenvalue weighted by Crippen LogP contribution is -2.12. The third-order valence-electron chi connectivity index (χ3n) is 1.46. The van der Waals surface area contributed by atoms with E-state index < -0.39 is 0 Å². The Morgan fingerprint density at radius 2 is 2.44 bits per heavy atom. The molecule has 3 heteroatoms. The van der Waals surface area contributed by atoms with Crippen LogP contribution in [0.2, 0.25) is 0 Å². The van der Waals surface area contributed by atoms with E-state index in [1.54, 1.807) is 0 Å². The topological polar surface area (TPSA) is 53.2 Å². The smallest absolute Gasteiger partial charge is 0.144 e. The molecule has 0 aromatic carbocycles. The van der Waals surface area contributed by atoms with E-state index in [2.05, 4.69) is 0 Å². The summed E-state index contributed by atoms with van der Waals surface area (Å²) in [6, 6.07) is 1.99. The summed E-state index contributed by atoms with van der Waals surface area (Å²) in [6.07, 6.45) is 1.22. The van der Waals surface area contributed by atoms with Crippen molar-refractivity contribution in [3.63, 3.8) is 0 Å². The van der Waals surface area contributed by atoms with Gasteiger partial charge in [0.05, 0.1) is 18.8 Å². The molecule has 1 rings (SSSR count). The van der Waals surface area contributed by atoms with E-state index >= 15 is 0 Å². The molecule has 0 unspecified atom stereocenters. The molecule has 0 saturated carbocycles. The Bertz CT molecular complexity index is 130. The maximum atomic E-state index is 8.54. The van der Waals surface area contributed by atoms with Crippen LogP contribution in [0.3, 0.4) is 0 Å². The zero-order chi connectivity index (χ0) is 6.69. The van der Waals surface area contributed by atoms with Gasteiger partial charge in [-0.15, -0.1) is 0 Å². The van der Waals surface area contributed by atoms with Crippen LogP contribution in [0.5, 0.6) is 0 Å². The number of aliphatic hydroxyl groups excluding tert-OH is 1. The molecule has 1 saturated heterocycles. The van der Waals surface area contributed by atoms with Crippen molar-refractivity contribution in [1.82, 2.24) is 0 Å². The first-order valence-electron chi connectivity index (χ1n) is 3.02. The average molecular weight is 127 g/mol. The summed E-state index contributed by atoms with van der Waals surface area (Å²) < 4.78 is 5.05. The van der Waals surface area contributed by atoms with Gasteiger partial charge in [0.2, 0.25) is 0 Å². The lowest BCUT2D eigenvalue weighted by Gasteiger charge is -2.03. The second-order valence-corrected chi connectivity index (χ2v) is 2.14. The molecule has 1 aliphatic heterocycles. The number of rotatable bonds is 1. The van der Waals surface area contributed by atoms with Crippen molar-refractivity contribution in [1.29, 1.82) is 5.26 Å². The molecule has 0 spiro atoms. The van der Waals surface area contributed by atoms with Crippen LogP contribution >= 0.6 is 0 Å². The number of nitriles is 1. The van der Waals surface area contributed by atoms with E-state index in [0.717, 1.165) is 12.8 Å². The fourth-order valence-corrected chi connectivity index (χ4v) is 0.935. The third kappa shape index (κ3) is 1.41. The van der Waals surface area contributed by atoms with Crippen molar-refractivity contribution >= 4 is 0 Å². The molecule has 3 nitrogen and oxygen atoms in total. The van der Waals surface area contributed by atoms with Gasteiger partial charge in [0.1, 0.15) is 6.10 Å². The maximum Gasteiger partial charge on any atom is 0.144 e. The molecular weight excluding hydrogens is 118 g/mol. The Hall–Kier alpha value is -0.590. The van der Waals surface area contributed by atoms with E-state index in [4.69, 9.17) is 15.1 Å². The molecule has 0 aromatic heterocycles. The SMILES string of the molecule is N#C[C@H]1CC[C@H](CO)O1. The molecule has 1 heterocycles. The quantitative estimate of drug-likeness (QED) is 0.541. The Morgan fingerprint density at radius 1 is 1.67 bits per heavy atom. The molecule has 0 amide bonds. The molecule has 1 N–H and O–H groups in total. The zero-order valence-corrected chi connectivity index (χ0v) is 5.08. The maximum absolute atomic E-state index is 8.54. The predicted molar refractivity (Wildman–Crippen MR) is 30.6 cm³/mol. The second kappa shape index (κ2) is 2.81. The average Bonchev–Trinajstić information content (AvgIpc) is 2.34. The number of hydrogen-bond donors (Lipinski definition) is 1. The van der Waals surface area contributed by atoms with Crippen LogP contribution in [-0.2, 0) is 4.74 Å². The third-order valence-corrected chi connectivity index (χ3v) is 1.46. The van der Waals surface area contributed by atoms with Gasteiger partial charge < -0.3 is 9.84 Å².